The second-order valence-electron chi connectivity index (χ2n) is 7.19. The van der Waals surface area contributed by atoms with Gasteiger partial charge in [-0.05, 0) is 17.4 Å². The van der Waals surface area contributed by atoms with E-state index in [0.717, 1.165) is 5.56 Å². The van der Waals surface area contributed by atoms with Crippen LogP contribution in [0.25, 0.3) is 0 Å². The molecule has 0 aliphatic heterocycles. The third-order valence-corrected chi connectivity index (χ3v) is 4.47. The van der Waals surface area contributed by atoms with Gasteiger partial charge in [0.2, 0.25) is 5.91 Å². The Hall–Kier alpha value is -3.10. The first-order valence-corrected chi connectivity index (χ1v) is 9.61. The second kappa shape index (κ2) is 12.5. The zero-order chi connectivity index (χ0) is 22.7. The molecular weight excluding hydrogens is 392 g/mol. The highest BCUT2D eigenvalue weighted by Gasteiger charge is 2.33. The Balaban J connectivity index is 2.78. The van der Waals surface area contributed by atoms with E-state index in [1.165, 1.54) is 14.2 Å². The number of carbonyl (C=O) groups excluding carboxylic acids is 4. The number of amides is 2. The number of carbonyl (C=O) groups is 4. The van der Waals surface area contributed by atoms with E-state index in [-0.39, 0.29) is 18.9 Å². The minimum absolute atomic E-state index is 0.0556. The van der Waals surface area contributed by atoms with Crippen LogP contribution in [0.1, 0.15) is 32.8 Å². The van der Waals surface area contributed by atoms with Crippen molar-refractivity contribution < 1.29 is 33.4 Å². The minimum Gasteiger partial charge on any atom is -0.469 e. The van der Waals surface area contributed by atoms with Crippen molar-refractivity contribution in [3.05, 3.63) is 35.9 Å². The lowest BCUT2D eigenvalue weighted by Crippen LogP contribution is -2.55. The largest absolute Gasteiger partial charge is 0.469 e. The van der Waals surface area contributed by atoms with Crippen molar-refractivity contribution in [1.29, 1.82) is 0 Å². The summed E-state index contributed by atoms with van der Waals surface area (Å²) in [4.78, 5) is 48.6. The molecule has 0 radical (unpaired) electrons. The number of benzene rings is 1. The normalized spacial score (nSPS) is 13.5. The van der Waals surface area contributed by atoms with Crippen molar-refractivity contribution in [3.8, 4) is 0 Å². The predicted octanol–water partition coefficient (Wildman–Crippen LogP) is 1.79. The van der Waals surface area contributed by atoms with E-state index in [1.807, 2.05) is 30.3 Å². The molecule has 9 heteroatoms. The molecule has 2 N–H and O–H groups in total. The van der Waals surface area contributed by atoms with Crippen LogP contribution < -0.4 is 10.6 Å². The molecule has 0 aromatic heterocycles. The number of rotatable bonds is 10. The van der Waals surface area contributed by atoms with E-state index >= 15 is 0 Å². The van der Waals surface area contributed by atoms with Gasteiger partial charge in [-0.3, -0.25) is 9.59 Å². The molecule has 0 saturated carbocycles. The van der Waals surface area contributed by atoms with Gasteiger partial charge in [-0.1, -0.05) is 51.1 Å². The summed E-state index contributed by atoms with van der Waals surface area (Å²) in [6.07, 6.45) is -0.847. The summed E-state index contributed by atoms with van der Waals surface area (Å²) in [6, 6.07) is 7.08. The van der Waals surface area contributed by atoms with Crippen LogP contribution in [-0.4, -0.2) is 50.2 Å². The summed E-state index contributed by atoms with van der Waals surface area (Å²) >= 11 is 0. The third kappa shape index (κ3) is 8.10. The topological polar surface area (TPSA) is 120 Å². The van der Waals surface area contributed by atoms with Crippen LogP contribution in [0.2, 0.25) is 0 Å². The number of alkyl carbamates (subject to hydrolysis) is 1. The molecule has 1 aromatic rings. The van der Waals surface area contributed by atoms with Gasteiger partial charge in [0.15, 0.2) is 0 Å². The number of ether oxygens (including phenoxy) is 3. The Morgan fingerprint density at radius 2 is 1.53 bits per heavy atom. The maximum absolute atomic E-state index is 12.8. The highest BCUT2D eigenvalue weighted by molar-refractivity contribution is 5.90. The fraction of sp³-hybridized carbons (Fsp3) is 0.524. The van der Waals surface area contributed by atoms with Gasteiger partial charge < -0.3 is 24.8 Å². The van der Waals surface area contributed by atoms with Gasteiger partial charge >= 0.3 is 18.0 Å². The third-order valence-electron chi connectivity index (χ3n) is 4.47. The molecule has 0 fully saturated rings. The monoisotopic (exact) mass is 422 g/mol. The lowest BCUT2D eigenvalue weighted by atomic mass is 9.96. The van der Waals surface area contributed by atoms with Gasteiger partial charge in [-0.25, -0.2) is 9.59 Å². The van der Waals surface area contributed by atoms with Crippen LogP contribution in [0, 0.1) is 11.8 Å². The Morgan fingerprint density at radius 1 is 0.900 bits per heavy atom. The van der Waals surface area contributed by atoms with Gasteiger partial charge in [0.25, 0.3) is 0 Å². The Labute approximate surface area is 176 Å². The van der Waals surface area contributed by atoms with E-state index in [9.17, 15) is 19.2 Å². The molecule has 2 amide bonds. The zero-order valence-electron chi connectivity index (χ0n) is 18.0. The molecule has 0 aliphatic rings. The van der Waals surface area contributed by atoms with Crippen LogP contribution >= 0.6 is 0 Å². The van der Waals surface area contributed by atoms with Crippen molar-refractivity contribution in [3.63, 3.8) is 0 Å². The van der Waals surface area contributed by atoms with Gasteiger partial charge in [0, 0.05) is 0 Å². The van der Waals surface area contributed by atoms with Crippen molar-refractivity contribution in [2.24, 2.45) is 11.8 Å². The molecule has 0 spiro atoms. The molecule has 0 aliphatic carbocycles. The van der Waals surface area contributed by atoms with Crippen molar-refractivity contribution in [2.75, 3.05) is 14.2 Å². The van der Waals surface area contributed by atoms with Crippen LogP contribution in [-0.2, 0) is 35.2 Å². The molecule has 0 bridgehead atoms. The first kappa shape index (κ1) is 24.9. The summed E-state index contributed by atoms with van der Waals surface area (Å²) in [5.74, 6) is -2.67. The standard InChI is InChI=1S/C21H30N2O7/c1-13(2)17(23-21(27)30-12-15-9-7-6-8-10-15)19(25)22-18(20(26)29-5)14(3)11-16(24)28-4/h6-10,13-14,17-18H,11-12H2,1-5H3,(H,22,25)(H,23,27)/t14-,17+,18+/m0/s1. The van der Waals surface area contributed by atoms with Crippen molar-refractivity contribution in [2.45, 2.75) is 45.9 Å². The Morgan fingerprint density at radius 3 is 2.07 bits per heavy atom. The quantitative estimate of drug-likeness (QED) is 0.436. The van der Waals surface area contributed by atoms with Crippen molar-refractivity contribution in [1.82, 2.24) is 10.6 Å². The summed E-state index contributed by atoms with van der Waals surface area (Å²) in [5, 5.41) is 5.09. The highest BCUT2D eigenvalue weighted by Crippen LogP contribution is 2.13. The lowest BCUT2D eigenvalue weighted by Gasteiger charge is -2.27. The first-order valence-electron chi connectivity index (χ1n) is 9.61. The number of methoxy groups -OCH3 is 2. The predicted molar refractivity (Wildman–Crippen MR) is 108 cm³/mol. The van der Waals surface area contributed by atoms with Gasteiger partial charge in [0.1, 0.15) is 18.7 Å². The average Bonchev–Trinajstić information content (AvgIpc) is 2.73. The molecule has 3 atom stereocenters. The summed E-state index contributed by atoms with van der Waals surface area (Å²) < 4.78 is 14.5. The SMILES string of the molecule is COC(=O)C[C@H](C)[C@@H](NC(=O)[C@H](NC(=O)OCc1ccccc1)C(C)C)C(=O)OC. The van der Waals surface area contributed by atoms with Crippen LogP contribution in [0.3, 0.4) is 0 Å². The Kier molecular flexibility index (Phi) is 10.4. The van der Waals surface area contributed by atoms with Gasteiger partial charge in [0.05, 0.1) is 20.6 Å². The fourth-order valence-electron chi connectivity index (χ4n) is 2.69. The highest BCUT2D eigenvalue weighted by atomic mass is 16.5. The first-order chi connectivity index (χ1) is 14.2. The fourth-order valence-corrected chi connectivity index (χ4v) is 2.69. The summed E-state index contributed by atoms with van der Waals surface area (Å²) in [6.45, 7) is 5.16. The molecule has 0 heterocycles. The van der Waals surface area contributed by atoms with Crippen LogP contribution in [0.5, 0.6) is 0 Å². The molecule has 9 nitrogen and oxygen atoms in total. The van der Waals surface area contributed by atoms with E-state index in [1.54, 1.807) is 20.8 Å². The van der Waals surface area contributed by atoms with E-state index in [2.05, 4.69) is 15.4 Å². The lowest BCUT2D eigenvalue weighted by molar-refractivity contribution is -0.148. The molecular formula is C21H30N2O7. The van der Waals surface area contributed by atoms with Crippen LogP contribution in [0.4, 0.5) is 4.79 Å². The second-order valence-corrected chi connectivity index (χ2v) is 7.19. The number of hydrogen-bond donors (Lipinski definition) is 2. The number of esters is 2. The maximum atomic E-state index is 12.8. The molecule has 166 valence electrons. The molecule has 1 aromatic carbocycles. The van der Waals surface area contributed by atoms with Crippen molar-refractivity contribution >= 4 is 23.9 Å². The molecule has 30 heavy (non-hydrogen) atoms. The summed E-state index contributed by atoms with van der Waals surface area (Å²) in [5.41, 5.74) is 0.806. The average molecular weight is 422 g/mol. The van der Waals surface area contributed by atoms with Gasteiger partial charge in [-0.15, -0.1) is 0 Å². The number of hydrogen-bond acceptors (Lipinski definition) is 7. The van der Waals surface area contributed by atoms with E-state index in [0.29, 0.717) is 0 Å². The summed E-state index contributed by atoms with van der Waals surface area (Å²) in [7, 11) is 2.42. The molecule has 1 rings (SSSR count). The maximum Gasteiger partial charge on any atom is 0.408 e. The molecule has 0 unspecified atom stereocenters. The van der Waals surface area contributed by atoms with E-state index < -0.39 is 41.9 Å². The molecule has 0 saturated heterocycles. The smallest absolute Gasteiger partial charge is 0.408 e. The minimum atomic E-state index is -1.08. The van der Waals surface area contributed by atoms with Crippen LogP contribution in [0.15, 0.2) is 30.3 Å². The zero-order valence-corrected chi connectivity index (χ0v) is 18.0. The van der Waals surface area contributed by atoms with Gasteiger partial charge in [-0.2, -0.15) is 0 Å². The van der Waals surface area contributed by atoms with E-state index in [4.69, 9.17) is 9.47 Å². The Bertz CT molecular complexity index is 721. The number of nitrogens with one attached hydrogen (secondary N) is 2.